The fourth-order valence-electron chi connectivity index (χ4n) is 1.96. The van der Waals surface area contributed by atoms with E-state index in [9.17, 15) is 9.90 Å². The Morgan fingerprint density at radius 3 is 2.68 bits per heavy atom. The highest BCUT2D eigenvalue weighted by Gasteiger charge is 2.14. The van der Waals surface area contributed by atoms with Crippen molar-refractivity contribution in [2.24, 2.45) is 0 Å². The molecular weight excluding hydrogens is 266 g/mol. The van der Waals surface area contributed by atoms with Gasteiger partial charge in [0, 0.05) is 22.8 Å². The van der Waals surface area contributed by atoms with Crippen LogP contribution in [-0.2, 0) is 0 Å². The minimum absolute atomic E-state index is 0.243. The van der Waals surface area contributed by atoms with Gasteiger partial charge in [-0.05, 0) is 30.2 Å². The number of benzene rings is 1. The van der Waals surface area contributed by atoms with Gasteiger partial charge in [0.2, 0.25) is 5.56 Å². The molecular formula is C14H14ClNO3. The van der Waals surface area contributed by atoms with Gasteiger partial charge in [-0.3, -0.25) is 4.79 Å². The molecule has 0 bridgehead atoms. The number of aliphatic hydroxyl groups excluding tert-OH is 1. The maximum absolute atomic E-state index is 11.5. The lowest BCUT2D eigenvalue weighted by Gasteiger charge is -2.14. The van der Waals surface area contributed by atoms with Gasteiger partial charge in [-0.15, -0.1) is 0 Å². The van der Waals surface area contributed by atoms with E-state index in [1.807, 2.05) is 0 Å². The molecule has 0 saturated carbocycles. The number of hydrogen-bond acceptors (Lipinski definition) is 3. The number of nitrogens with one attached hydrogen (secondary N) is 1. The van der Waals surface area contributed by atoms with E-state index in [4.69, 9.17) is 16.3 Å². The lowest BCUT2D eigenvalue weighted by molar-refractivity contribution is 0.200. The Bertz CT molecular complexity index is 649. The summed E-state index contributed by atoms with van der Waals surface area (Å²) < 4.78 is 5.23. The molecule has 0 aliphatic carbocycles. The molecule has 0 aliphatic heterocycles. The lowest BCUT2D eigenvalue weighted by atomic mass is 9.97. The van der Waals surface area contributed by atoms with Crippen LogP contribution in [0, 0.1) is 0 Å². The molecule has 2 N–H and O–H groups in total. The van der Waals surface area contributed by atoms with Crippen molar-refractivity contribution in [2.45, 2.75) is 13.0 Å². The maximum atomic E-state index is 11.5. The van der Waals surface area contributed by atoms with Crippen molar-refractivity contribution in [2.75, 3.05) is 7.11 Å². The molecule has 1 aromatic heterocycles. The number of H-pyrrole nitrogens is 1. The molecule has 19 heavy (non-hydrogen) atoms. The summed E-state index contributed by atoms with van der Waals surface area (Å²) in [6.45, 7) is 1.66. The second-order valence-electron chi connectivity index (χ2n) is 4.19. The largest absolute Gasteiger partial charge is 0.495 e. The van der Waals surface area contributed by atoms with E-state index in [-0.39, 0.29) is 5.56 Å². The van der Waals surface area contributed by atoms with Crippen LogP contribution in [0.25, 0.3) is 11.1 Å². The van der Waals surface area contributed by atoms with Crippen LogP contribution in [0.15, 0.2) is 35.3 Å². The highest BCUT2D eigenvalue weighted by Crippen LogP contribution is 2.35. The van der Waals surface area contributed by atoms with Crippen LogP contribution in [0.5, 0.6) is 5.75 Å². The van der Waals surface area contributed by atoms with Gasteiger partial charge in [-0.2, -0.15) is 0 Å². The normalized spacial score (nSPS) is 12.2. The number of hydrogen-bond donors (Lipinski definition) is 2. The Hall–Kier alpha value is -1.78. The number of methoxy groups -OCH3 is 1. The molecule has 0 amide bonds. The predicted molar refractivity (Wildman–Crippen MR) is 74.7 cm³/mol. The molecule has 1 aromatic carbocycles. The third-order valence-corrected chi connectivity index (χ3v) is 3.10. The fraction of sp³-hybridized carbons (Fsp3) is 0.214. The summed E-state index contributed by atoms with van der Waals surface area (Å²) in [7, 11) is 1.52. The van der Waals surface area contributed by atoms with E-state index in [1.165, 1.54) is 19.4 Å². The van der Waals surface area contributed by atoms with E-state index in [2.05, 4.69) is 4.98 Å². The lowest BCUT2D eigenvalue weighted by Crippen LogP contribution is -2.06. The predicted octanol–water partition coefficient (Wildman–Crippen LogP) is 2.76. The summed E-state index contributed by atoms with van der Waals surface area (Å²) in [5, 5.41) is 10.3. The average Bonchev–Trinajstić information content (AvgIpc) is 2.38. The molecule has 0 spiro atoms. The zero-order valence-electron chi connectivity index (χ0n) is 10.6. The average molecular weight is 280 g/mol. The van der Waals surface area contributed by atoms with E-state index >= 15 is 0 Å². The molecule has 0 fully saturated rings. The van der Waals surface area contributed by atoms with Crippen molar-refractivity contribution in [1.29, 1.82) is 0 Å². The van der Waals surface area contributed by atoms with Crippen LogP contribution >= 0.6 is 11.6 Å². The van der Waals surface area contributed by atoms with Gasteiger partial charge in [0.1, 0.15) is 5.75 Å². The standard InChI is InChI=1S/C14H14ClNO3/c1-8(17)10-4-3-9(15)5-11(10)12-6-14(18)16-7-13(12)19-2/h3-8,17H,1-2H3,(H,16,18). The van der Waals surface area contributed by atoms with E-state index in [1.54, 1.807) is 25.1 Å². The van der Waals surface area contributed by atoms with Crippen molar-refractivity contribution in [3.63, 3.8) is 0 Å². The van der Waals surface area contributed by atoms with Gasteiger partial charge >= 0.3 is 0 Å². The van der Waals surface area contributed by atoms with Crippen molar-refractivity contribution >= 4 is 11.6 Å². The topological polar surface area (TPSA) is 62.3 Å². The van der Waals surface area contributed by atoms with Crippen molar-refractivity contribution in [3.05, 3.63) is 51.4 Å². The first-order valence-corrected chi connectivity index (χ1v) is 6.15. The van der Waals surface area contributed by atoms with Gasteiger partial charge in [0.05, 0.1) is 13.2 Å². The van der Waals surface area contributed by atoms with Crippen molar-refractivity contribution in [1.82, 2.24) is 4.98 Å². The van der Waals surface area contributed by atoms with E-state index in [0.717, 1.165) is 0 Å². The van der Waals surface area contributed by atoms with Gasteiger partial charge in [-0.25, -0.2) is 0 Å². The number of aromatic amines is 1. The number of aliphatic hydroxyl groups is 1. The van der Waals surface area contributed by atoms with Crippen LogP contribution in [0.3, 0.4) is 0 Å². The molecule has 1 unspecified atom stereocenters. The van der Waals surface area contributed by atoms with Gasteiger partial charge < -0.3 is 14.8 Å². The number of pyridine rings is 1. The van der Waals surface area contributed by atoms with Gasteiger partial charge in [-0.1, -0.05) is 17.7 Å². The number of halogens is 1. The van der Waals surface area contributed by atoms with E-state index < -0.39 is 6.10 Å². The van der Waals surface area contributed by atoms with Gasteiger partial charge in [0.15, 0.2) is 0 Å². The molecule has 0 aliphatic rings. The third-order valence-electron chi connectivity index (χ3n) is 2.86. The summed E-state index contributed by atoms with van der Waals surface area (Å²) in [5.74, 6) is 0.517. The second-order valence-corrected chi connectivity index (χ2v) is 4.62. The minimum Gasteiger partial charge on any atom is -0.495 e. The first-order chi connectivity index (χ1) is 9.02. The second kappa shape index (κ2) is 5.47. The molecule has 1 heterocycles. The highest BCUT2D eigenvalue weighted by atomic mass is 35.5. The first-order valence-electron chi connectivity index (χ1n) is 5.77. The Balaban J connectivity index is 2.73. The number of rotatable bonds is 3. The molecule has 0 saturated heterocycles. The van der Waals surface area contributed by atoms with Crippen LogP contribution in [-0.4, -0.2) is 17.2 Å². The highest BCUT2D eigenvalue weighted by molar-refractivity contribution is 6.30. The quantitative estimate of drug-likeness (QED) is 0.908. The van der Waals surface area contributed by atoms with Crippen LogP contribution in [0.2, 0.25) is 5.02 Å². The molecule has 1 atom stereocenters. The van der Waals surface area contributed by atoms with Crippen LogP contribution in [0.4, 0.5) is 0 Å². The zero-order valence-corrected chi connectivity index (χ0v) is 11.4. The first kappa shape index (κ1) is 13.6. The van der Waals surface area contributed by atoms with Crippen molar-refractivity contribution < 1.29 is 9.84 Å². The Kier molecular flexibility index (Phi) is 3.93. The molecule has 0 radical (unpaired) electrons. The van der Waals surface area contributed by atoms with Crippen molar-refractivity contribution in [3.8, 4) is 16.9 Å². The number of aromatic nitrogens is 1. The summed E-state index contributed by atoms with van der Waals surface area (Å²) in [6, 6.07) is 6.58. The summed E-state index contributed by atoms with van der Waals surface area (Å²) in [4.78, 5) is 14.0. The summed E-state index contributed by atoms with van der Waals surface area (Å²) in [5.41, 5.74) is 1.73. The Morgan fingerprint density at radius 1 is 1.32 bits per heavy atom. The Labute approximate surface area is 115 Å². The zero-order chi connectivity index (χ0) is 14.0. The summed E-state index contributed by atoms with van der Waals surface area (Å²) >= 11 is 6.00. The molecule has 2 rings (SSSR count). The molecule has 5 heteroatoms. The SMILES string of the molecule is COc1c[nH]c(=O)cc1-c1cc(Cl)ccc1C(C)O. The molecule has 2 aromatic rings. The molecule has 100 valence electrons. The third kappa shape index (κ3) is 2.80. The smallest absolute Gasteiger partial charge is 0.248 e. The Morgan fingerprint density at radius 2 is 2.05 bits per heavy atom. The van der Waals surface area contributed by atoms with E-state index in [0.29, 0.717) is 27.5 Å². The monoisotopic (exact) mass is 279 g/mol. The molecule has 4 nitrogen and oxygen atoms in total. The summed E-state index contributed by atoms with van der Waals surface area (Å²) in [6.07, 6.45) is 0.820. The van der Waals surface area contributed by atoms with Crippen LogP contribution in [0.1, 0.15) is 18.6 Å². The minimum atomic E-state index is -0.670. The fourth-order valence-corrected chi connectivity index (χ4v) is 2.14. The maximum Gasteiger partial charge on any atom is 0.248 e. The van der Waals surface area contributed by atoms with Crippen LogP contribution < -0.4 is 10.3 Å². The van der Waals surface area contributed by atoms with Gasteiger partial charge in [0.25, 0.3) is 0 Å². The number of ether oxygens (including phenoxy) is 1.